The maximum absolute atomic E-state index is 13.1. The molecule has 5 heteroatoms. The summed E-state index contributed by atoms with van der Waals surface area (Å²) in [7, 11) is 5.50. The first kappa shape index (κ1) is 22.9. The van der Waals surface area contributed by atoms with Gasteiger partial charge in [0.2, 0.25) is 5.91 Å². The van der Waals surface area contributed by atoms with Crippen LogP contribution in [0.2, 0.25) is 0 Å². The van der Waals surface area contributed by atoms with Crippen LogP contribution in [0.15, 0.2) is 0 Å². The molecule has 5 nitrogen and oxygen atoms in total. The smallest absolute Gasteiger partial charge is 0.310 e. The zero-order chi connectivity index (χ0) is 19.5. The van der Waals surface area contributed by atoms with Crippen molar-refractivity contribution in [2.24, 2.45) is 17.8 Å². The number of hydrogen-bond acceptors (Lipinski definition) is 4. The van der Waals surface area contributed by atoms with Gasteiger partial charge < -0.3 is 14.5 Å². The molecule has 152 valence electrons. The third kappa shape index (κ3) is 8.07. The van der Waals surface area contributed by atoms with Crippen molar-refractivity contribution in [1.29, 1.82) is 0 Å². The Labute approximate surface area is 160 Å². The first-order chi connectivity index (χ1) is 12.4. The number of ether oxygens (including phenoxy) is 1. The number of esters is 1. The van der Waals surface area contributed by atoms with Gasteiger partial charge in [-0.1, -0.05) is 33.1 Å². The normalized spacial score (nSPS) is 21.5. The van der Waals surface area contributed by atoms with E-state index in [1.54, 1.807) is 0 Å². The van der Waals surface area contributed by atoms with E-state index in [-0.39, 0.29) is 23.7 Å². The van der Waals surface area contributed by atoms with Crippen molar-refractivity contribution in [2.45, 2.75) is 65.2 Å². The Morgan fingerprint density at radius 2 is 1.73 bits per heavy atom. The van der Waals surface area contributed by atoms with Crippen LogP contribution in [0.1, 0.15) is 65.2 Å². The van der Waals surface area contributed by atoms with E-state index in [1.165, 1.54) is 39.2 Å². The summed E-state index contributed by atoms with van der Waals surface area (Å²) in [6, 6.07) is 0. The van der Waals surface area contributed by atoms with Crippen LogP contribution < -0.4 is 0 Å². The SMILES string of the molecule is CCCCC1CCC(C(=O)N(CCCN(C)C)CC(C)C(=O)OC)CC1. The van der Waals surface area contributed by atoms with Crippen molar-refractivity contribution in [1.82, 2.24) is 9.80 Å². The average molecular weight is 369 g/mol. The van der Waals surface area contributed by atoms with E-state index < -0.39 is 0 Å². The van der Waals surface area contributed by atoms with Gasteiger partial charge in [0.1, 0.15) is 0 Å². The fourth-order valence-corrected chi connectivity index (χ4v) is 3.92. The molecule has 1 atom stereocenters. The third-order valence-electron chi connectivity index (χ3n) is 5.60. The average Bonchev–Trinajstić information content (AvgIpc) is 2.64. The molecular formula is C21H40N2O3. The number of carbonyl (C=O) groups excluding carboxylic acids is 2. The molecule has 0 bridgehead atoms. The minimum atomic E-state index is -0.274. The minimum absolute atomic E-state index is 0.136. The van der Waals surface area contributed by atoms with E-state index in [2.05, 4.69) is 11.8 Å². The van der Waals surface area contributed by atoms with Gasteiger partial charge in [-0.25, -0.2) is 0 Å². The number of rotatable bonds is 11. The molecule has 0 spiro atoms. The highest BCUT2D eigenvalue weighted by Gasteiger charge is 2.30. The summed E-state index contributed by atoms with van der Waals surface area (Å²) in [6.07, 6.45) is 9.15. The molecule has 0 radical (unpaired) electrons. The van der Waals surface area contributed by atoms with Gasteiger partial charge in [-0.15, -0.1) is 0 Å². The Hall–Kier alpha value is -1.10. The van der Waals surface area contributed by atoms with E-state index in [1.807, 2.05) is 25.9 Å². The quantitative estimate of drug-likeness (QED) is 0.523. The molecule has 0 N–H and O–H groups in total. The number of methoxy groups -OCH3 is 1. The van der Waals surface area contributed by atoms with Gasteiger partial charge >= 0.3 is 5.97 Å². The third-order valence-corrected chi connectivity index (χ3v) is 5.60. The molecule has 0 aromatic rings. The lowest BCUT2D eigenvalue weighted by Gasteiger charge is -2.33. The molecule has 1 saturated carbocycles. The van der Waals surface area contributed by atoms with Crippen LogP contribution in [-0.4, -0.2) is 62.5 Å². The molecule has 1 aliphatic carbocycles. The summed E-state index contributed by atoms with van der Waals surface area (Å²) in [6.45, 7) is 6.21. The molecule has 0 aromatic heterocycles. The van der Waals surface area contributed by atoms with Crippen LogP contribution in [0, 0.1) is 17.8 Å². The first-order valence-electron chi connectivity index (χ1n) is 10.4. The van der Waals surface area contributed by atoms with E-state index in [0.717, 1.165) is 31.7 Å². The van der Waals surface area contributed by atoms with E-state index in [9.17, 15) is 9.59 Å². The number of hydrogen-bond donors (Lipinski definition) is 0. The van der Waals surface area contributed by atoms with Crippen LogP contribution in [0.5, 0.6) is 0 Å². The highest BCUT2D eigenvalue weighted by molar-refractivity contribution is 5.80. The van der Waals surface area contributed by atoms with Gasteiger partial charge in [-0.05, 0) is 58.7 Å². The largest absolute Gasteiger partial charge is 0.469 e. The maximum atomic E-state index is 13.1. The summed E-state index contributed by atoms with van der Waals surface area (Å²) < 4.78 is 4.85. The second kappa shape index (κ2) is 12.3. The van der Waals surface area contributed by atoms with Crippen molar-refractivity contribution in [3.63, 3.8) is 0 Å². The van der Waals surface area contributed by atoms with E-state index in [4.69, 9.17) is 4.74 Å². The molecule has 1 aliphatic rings. The molecule has 1 fully saturated rings. The summed E-state index contributed by atoms with van der Waals surface area (Å²) in [5, 5.41) is 0. The molecule has 0 saturated heterocycles. The number of carbonyl (C=O) groups is 2. The van der Waals surface area contributed by atoms with Gasteiger partial charge in [0.05, 0.1) is 13.0 Å². The zero-order valence-corrected chi connectivity index (χ0v) is 17.6. The fraction of sp³-hybridized carbons (Fsp3) is 0.905. The molecule has 1 amide bonds. The lowest BCUT2D eigenvalue weighted by atomic mass is 9.79. The van der Waals surface area contributed by atoms with Gasteiger partial charge in [-0.3, -0.25) is 9.59 Å². The predicted molar refractivity (Wildman–Crippen MR) is 106 cm³/mol. The number of amides is 1. The lowest BCUT2D eigenvalue weighted by molar-refractivity contribution is -0.147. The second-order valence-electron chi connectivity index (χ2n) is 8.23. The summed E-state index contributed by atoms with van der Waals surface area (Å²) in [5.41, 5.74) is 0. The predicted octanol–water partition coefficient (Wildman–Crippen LogP) is 3.57. The molecule has 26 heavy (non-hydrogen) atoms. The standard InChI is InChI=1S/C21H40N2O3/c1-6-7-9-18-10-12-19(13-11-18)20(24)23(15-8-14-22(3)4)16-17(2)21(25)26-5/h17-19H,6-16H2,1-5H3. The van der Waals surface area contributed by atoms with Crippen molar-refractivity contribution < 1.29 is 14.3 Å². The minimum Gasteiger partial charge on any atom is -0.469 e. The lowest BCUT2D eigenvalue weighted by Crippen LogP contribution is -2.42. The highest BCUT2D eigenvalue weighted by atomic mass is 16.5. The molecule has 1 rings (SSSR count). The molecule has 0 aromatic carbocycles. The monoisotopic (exact) mass is 368 g/mol. The fourth-order valence-electron chi connectivity index (χ4n) is 3.92. The molecule has 0 aliphatic heterocycles. The second-order valence-corrected chi connectivity index (χ2v) is 8.23. The topological polar surface area (TPSA) is 49.9 Å². The molecule has 1 unspecified atom stereocenters. The molecular weight excluding hydrogens is 328 g/mol. The van der Waals surface area contributed by atoms with Crippen LogP contribution in [0.25, 0.3) is 0 Å². The summed E-state index contributed by atoms with van der Waals surface area (Å²) in [5.74, 6) is 0.670. The number of unbranched alkanes of at least 4 members (excludes halogenated alkanes) is 1. The summed E-state index contributed by atoms with van der Waals surface area (Å²) in [4.78, 5) is 29.0. The Balaban J connectivity index is 2.60. The van der Waals surface area contributed by atoms with E-state index >= 15 is 0 Å². The van der Waals surface area contributed by atoms with Crippen molar-refractivity contribution >= 4 is 11.9 Å². The molecule has 0 heterocycles. The Bertz CT molecular complexity index is 417. The van der Waals surface area contributed by atoms with E-state index in [0.29, 0.717) is 13.1 Å². The van der Waals surface area contributed by atoms with Gasteiger partial charge in [0.25, 0.3) is 0 Å². The van der Waals surface area contributed by atoms with Gasteiger partial charge in [0, 0.05) is 19.0 Å². The Kier molecular flexibility index (Phi) is 10.9. The maximum Gasteiger partial charge on any atom is 0.310 e. The first-order valence-corrected chi connectivity index (χ1v) is 10.4. The van der Waals surface area contributed by atoms with Crippen LogP contribution in [0.3, 0.4) is 0 Å². The summed E-state index contributed by atoms with van der Waals surface area (Å²) >= 11 is 0. The van der Waals surface area contributed by atoms with Crippen molar-refractivity contribution in [3.05, 3.63) is 0 Å². The van der Waals surface area contributed by atoms with Crippen molar-refractivity contribution in [3.8, 4) is 0 Å². The van der Waals surface area contributed by atoms with Crippen LogP contribution in [0.4, 0.5) is 0 Å². The van der Waals surface area contributed by atoms with Crippen LogP contribution >= 0.6 is 0 Å². The van der Waals surface area contributed by atoms with Gasteiger partial charge in [0.15, 0.2) is 0 Å². The zero-order valence-electron chi connectivity index (χ0n) is 17.6. The Morgan fingerprint density at radius 3 is 2.27 bits per heavy atom. The van der Waals surface area contributed by atoms with Crippen molar-refractivity contribution in [2.75, 3.05) is 40.8 Å². The van der Waals surface area contributed by atoms with Gasteiger partial charge in [-0.2, -0.15) is 0 Å². The van der Waals surface area contributed by atoms with Crippen LogP contribution in [-0.2, 0) is 14.3 Å². The highest BCUT2D eigenvalue weighted by Crippen LogP contribution is 2.33. The Morgan fingerprint density at radius 1 is 1.08 bits per heavy atom. The number of nitrogens with zero attached hydrogens (tertiary/aromatic N) is 2.